The molecule has 28 heavy (non-hydrogen) atoms. The molecule has 1 amide bonds. The van der Waals surface area contributed by atoms with E-state index in [1.165, 1.54) is 7.11 Å². The zero-order valence-electron chi connectivity index (χ0n) is 14.7. The summed E-state index contributed by atoms with van der Waals surface area (Å²) in [7, 11) is 1.53. The van der Waals surface area contributed by atoms with E-state index in [2.05, 4.69) is 21.2 Å². The molecule has 0 aliphatic heterocycles. The average molecular weight is 474 g/mol. The van der Waals surface area contributed by atoms with Crippen molar-refractivity contribution in [3.05, 3.63) is 75.7 Å². The zero-order chi connectivity index (χ0) is 19.7. The van der Waals surface area contributed by atoms with Gasteiger partial charge in [0.25, 0.3) is 5.91 Å². The molecule has 0 unspecified atom stereocenters. The van der Waals surface area contributed by atoms with Gasteiger partial charge in [-0.25, -0.2) is 4.98 Å². The molecule has 0 saturated carbocycles. The molecule has 1 aromatic heterocycles. The second-order valence-electron chi connectivity index (χ2n) is 5.98. The number of para-hydroxylation sites is 1. The highest BCUT2D eigenvalue weighted by Crippen LogP contribution is 2.36. The van der Waals surface area contributed by atoms with E-state index < -0.39 is 0 Å². The number of benzene rings is 3. The Bertz CT molecular complexity index is 1160. The SMILES string of the molecule is COc1ccc(C(=O)Nc2ccc(Br)cc2-c2nc3ccccc3s2)cc1Cl. The molecule has 0 aliphatic rings. The lowest BCUT2D eigenvalue weighted by atomic mass is 10.1. The van der Waals surface area contributed by atoms with Crippen LogP contribution >= 0.6 is 38.9 Å². The van der Waals surface area contributed by atoms with Gasteiger partial charge < -0.3 is 10.1 Å². The van der Waals surface area contributed by atoms with Gasteiger partial charge in [-0.2, -0.15) is 0 Å². The van der Waals surface area contributed by atoms with Gasteiger partial charge in [-0.15, -0.1) is 11.3 Å². The standard InChI is InChI=1S/C21H14BrClN2O2S/c1-27-18-9-6-12(10-15(18)23)20(26)24-16-8-7-13(22)11-14(16)21-25-17-4-2-3-5-19(17)28-21/h2-11H,1H3,(H,24,26). The Labute approximate surface area is 179 Å². The maximum Gasteiger partial charge on any atom is 0.255 e. The first kappa shape index (κ1) is 18.9. The zero-order valence-corrected chi connectivity index (χ0v) is 17.9. The fraction of sp³-hybridized carbons (Fsp3) is 0.0476. The lowest BCUT2D eigenvalue weighted by Crippen LogP contribution is -2.12. The minimum absolute atomic E-state index is 0.255. The van der Waals surface area contributed by atoms with Crippen LogP contribution in [0.15, 0.2) is 65.1 Å². The van der Waals surface area contributed by atoms with Crippen LogP contribution in [0.4, 0.5) is 5.69 Å². The number of amides is 1. The van der Waals surface area contributed by atoms with Gasteiger partial charge in [0.2, 0.25) is 0 Å². The first-order valence-electron chi connectivity index (χ1n) is 8.35. The lowest BCUT2D eigenvalue weighted by Gasteiger charge is -2.11. The van der Waals surface area contributed by atoms with E-state index in [4.69, 9.17) is 21.3 Å². The molecule has 0 aliphatic carbocycles. The average Bonchev–Trinajstić information content (AvgIpc) is 3.13. The highest BCUT2D eigenvalue weighted by atomic mass is 79.9. The number of nitrogens with zero attached hydrogens (tertiary/aromatic N) is 1. The number of thiazole rings is 1. The van der Waals surface area contributed by atoms with Crippen LogP contribution < -0.4 is 10.1 Å². The number of carbonyl (C=O) groups excluding carboxylic acids is 1. The second kappa shape index (κ2) is 7.91. The normalized spacial score (nSPS) is 10.8. The van der Waals surface area contributed by atoms with E-state index in [1.54, 1.807) is 29.5 Å². The maximum atomic E-state index is 12.8. The molecule has 4 rings (SSSR count). The summed E-state index contributed by atoms with van der Waals surface area (Å²) >= 11 is 11.2. The molecule has 1 N–H and O–H groups in total. The largest absolute Gasteiger partial charge is 0.495 e. The Kier molecular flexibility index (Phi) is 5.35. The summed E-state index contributed by atoms with van der Waals surface area (Å²) in [5.74, 6) is 0.270. The van der Waals surface area contributed by atoms with Crippen molar-refractivity contribution in [1.29, 1.82) is 0 Å². The predicted molar refractivity (Wildman–Crippen MR) is 119 cm³/mol. The first-order valence-corrected chi connectivity index (χ1v) is 10.3. The summed E-state index contributed by atoms with van der Waals surface area (Å²) in [6, 6.07) is 18.6. The third-order valence-corrected chi connectivity index (χ3v) is 6.03. The molecule has 0 saturated heterocycles. The van der Waals surface area contributed by atoms with Gasteiger partial charge >= 0.3 is 0 Å². The van der Waals surface area contributed by atoms with Crippen LogP contribution in [0.1, 0.15) is 10.4 Å². The van der Waals surface area contributed by atoms with E-state index in [9.17, 15) is 4.79 Å². The summed E-state index contributed by atoms with van der Waals surface area (Å²) in [6.45, 7) is 0. The van der Waals surface area contributed by atoms with Crippen molar-refractivity contribution in [3.63, 3.8) is 0 Å². The molecular formula is C21H14BrClN2O2S. The first-order chi connectivity index (χ1) is 13.5. The van der Waals surface area contributed by atoms with Crippen LogP contribution in [0.5, 0.6) is 5.75 Å². The number of aromatic nitrogens is 1. The molecule has 0 spiro atoms. The Morgan fingerprint density at radius 3 is 2.71 bits per heavy atom. The van der Waals surface area contributed by atoms with Gasteiger partial charge in [-0.05, 0) is 48.5 Å². The number of halogens is 2. The number of fused-ring (bicyclic) bond motifs is 1. The Morgan fingerprint density at radius 1 is 1.14 bits per heavy atom. The molecule has 3 aromatic carbocycles. The molecular weight excluding hydrogens is 460 g/mol. The summed E-state index contributed by atoms with van der Waals surface area (Å²) in [6.07, 6.45) is 0. The van der Waals surface area contributed by atoms with Crippen LogP contribution in [0, 0.1) is 0 Å². The number of anilines is 1. The van der Waals surface area contributed by atoms with Crippen molar-refractivity contribution in [3.8, 4) is 16.3 Å². The maximum absolute atomic E-state index is 12.8. The minimum atomic E-state index is -0.255. The number of rotatable bonds is 4. The van der Waals surface area contributed by atoms with Crippen LogP contribution in [0.25, 0.3) is 20.8 Å². The fourth-order valence-electron chi connectivity index (χ4n) is 2.79. The number of ether oxygens (including phenoxy) is 1. The minimum Gasteiger partial charge on any atom is -0.495 e. The van der Waals surface area contributed by atoms with Gasteiger partial charge in [0.15, 0.2) is 0 Å². The molecule has 0 fully saturated rings. The molecule has 1 heterocycles. The van der Waals surface area contributed by atoms with Crippen LogP contribution in [-0.2, 0) is 0 Å². The summed E-state index contributed by atoms with van der Waals surface area (Å²) in [5, 5.41) is 4.19. The van der Waals surface area contributed by atoms with Gasteiger partial charge in [-0.3, -0.25) is 4.79 Å². The van der Waals surface area contributed by atoms with E-state index >= 15 is 0 Å². The molecule has 0 atom stereocenters. The van der Waals surface area contributed by atoms with Crippen molar-refractivity contribution in [2.75, 3.05) is 12.4 Å². The monoisotopic (exact) mass is 472 g/mol. The van der Waals surface area contributed by atoms with Gasteiger partial charge in [0.1, 0.15) is 10.8 Å². The fourth-order valence-corrected chi connectivity index (χ4v) is 4.41. The van der Waals surface area contributed by atoms with Gasteiger partial charge in [0, 0.05) is 15.6 Å². The van der Waals surface area contributed by atoms with E-state index in [-0.39, 0.29) is 5.91 Å². The van der Waals surface area contributed by atoms with Gasteiger partial charge in [-0.1, -0.05) is 39.7 Å². The molecule has 7 heteroatoms. The Morgan fingerprint density at radius 2 is 1.96 bits per heavy atom. The van der Waals surface area contributed by atoms with Crippen LogP contribution in [-0.4, -0.2) is 18.0 Å². The van der Waals surface area contributed by atoms with Gasteiger partial charge in [0.05, 0.1) is 28.0 Å². The number of hydrogen-bond acceptors (Lipinski definition) is 4. The van der Waals surface area contributed by atoms with E-state index in [0.29, 0.717) is 22.0 Å². The third kappa shape index (κ3) is 3.76. The van der Waals surface area contributed by atoms with E-state index in [0.717, 1.165) is 25.3 Å². The predicted octanol–water partition coefficient (Wildman–Crippen LogP) is 6.64. The number of hydrogen-bond donors (Lipinski definition) is 1. The van der Waals surface area contributed by atoms with Crippen molar-refractivity contribution in [2.45, 2.75) is 0 Å². The number of carbonyl (C=O) groups is 1. The van der Waals surface area contributed by atoms with Crippen molar-refractivity contribution < 1.29 is 9.53 Å². The second-order valence-corrected chi connectivity index (χ2v) is 8.33. The molecule has 0 bridgehead atoms. The highest BCUT2D eigenvalue weighted by molar-refractivity contribution is 9.10. The Hall–Kier alpha value is -2.41. The molecule has 140 valence electrons. The third-order valence-electron chi connectivity index (χ3n) is 4.17. The highest BCUT2D eigenvalue weighted by Gasteiger charge is 2.15. The molecule has 4 aromatic rings. The van der Waals surface area contributed by atoms with Crippen LogP contribution in [0.2, 0.25) is 5.02 Å². The Balaban J connectivity index is 1.70. The van der Waals surface area contributed by atoms with Crippen molar-refractivity contribution in [2.24, 2.45) is 0 Å². The summed E-state index contributed by atoms with van der Waals surface area (Å²) in [4.78, 5) is 17.5. The van der Waals surface area contributed by atoms with Crippen molar-refractivity contribution in [1.82, 2.24) is 4.98 Å². The number of nitrogens with one attached hydrogen (secondary N) is 1. The summed E-state index contributed by atoms with van der Waals surface area (Å²) < 4.78 is 7.14. The smallest absolute Gasteiger partial charge is 0.255 e. The summed E-state index contributed by atoms with van der Waals surface area (Å²) in [5.41, 5.74) is 2.91. The van der Waals surface area contributed by atoms with Crippen LogP contribution in [0.3, 0.4) is 0 Å². The quantitative estimate of drug-likeness (QED) is 0.361. The number of methoxy groups -OCH3 is 1. The molecule has 0 radical (unpaired) electrons. The lowest BCUT2D eigenvalue weighted by molar-refractivity contribution is 0.102. The molecule has 4 nitrogen and oxygen atoms in total. The topological polar surface area (TPSA) is 51.2 Å². The van der Waals surface area contributed by atoms with Crippen molar-refractivity contribution >= 4 is 60.7 Å². The van der Waals surface area contributed by atoms with E-state index in [1.807, 2.05) is 42.5 Å².